The van der Waals surface area contributed by atoms with Crippen LogP contribution in [-0.2, 0) is 9.59 Å². The number of imide groups is 1. The lowest BCUT2D eigenvalue weighted by atomic mass is 9.81. The zero-order valence-corrected chi connectivity index (χ0v) is 14.0. The maximum atomic E-state index is 12.8. The largest absolute Gasteiger partial charge is 0.274 e. The van der Waals surface area contributed by atoms with Crippen molar-refractivity contribution in [3.05, 3.63) is 27.7 Å². The molecule has 0 saturated carbocycles. The minimum atomic E-state index is -0.511. The van der Waals surface area contributed by atoms with Crippen molar-refractivity contribution < 1.29 is 9.59 Å². The molecular formula is C16H20BrNO2. The van der Waals surface area contributed by atoms with Crippen LogP contribution in [0.15, 0.2) is 16.6 Å². The van der Waals surface area contributed by atoms with Gasteiger partial charge in [-0.3, -0.25) is 9.59 Å². The highest BCUT2D eigenvalue weighted by molar-refractivity contribution is 9.10. The van der Waals surface area contributed by atoms with E-state index in [-0.39, 0.29) is 11.8 Å². The van der Waals surface area contributed by atoms with Crippen molar-refractivity contribution in [1.29, 1.82) is 0 Å². The summed E-state index contributed by atoms with van der Waals surface area (Å²) in [6.07, 6.45) is 1.74. The van der Waals surface area contributed by atoms with E-state index >= 15 is 0 Å². The fourth-order valence-electron chi connectivity index (χ4n) is 3.08. The first kappa shape index (κ1) is 15.2. The van der Waals surface area contributed by atoms with Crippen molar-refractivity contribution >= 4 is 33.4 Å². The molecule has 0 atom stereocenters. The monoisotopic (exact) mass is 337 g/mol. The zero-order valence-electron chi connectivity index (χ0n) is 12.4. The van der Waals surface area contributed by atoms with E-state index in [4.69, 9.17) is 0 Å². The van der Waals surface area contributed by atoms with Crippen LogP contribution in [0, 0.1) is 19.3 Å². The maximum absolute atomic E-state index is 12.8. The molecule has 1 aliphatic rings. The molecule has 1 aliphatic heterocycles. The Morgan fingerprint density at radius 3 is 2.05 bits per heavy atom. The number of benzene rings is 1. The Kier molecular flexibility index (Phi) is 4.05. The van der Waals surface area contributed by atoms with E-state index in [1.807, 2.05) is 39.8 Å². The zero-order chi connectivity index (χ0) is 15.1. The molecule has 108 valence electrons. The summed E-state index contributed by atoms with van der Waals surface area (Å²) in [6, 6.07) is 3.89. The highest BCUT2D eigenvalue weighted by Gasteiger charge is 2.50. The van der Waals surface area contributed by atoms with Crippen LogP contribution in [0.5, 0.6) is 0 Å². The molecular weight excluding hydrogens is 318 g/mol. The quantitative estimate of drug-likeness (QED) is 0.777. The van der Waals surface area contributed by atoms with Crippen LogP contribution in [0.3, 0.4) is 0 Å². The van der Waals surface area contributed by atoms with Gasteiger partial charge in [0.1, 0.15) is 0 Å². The van der Waals surface area contributed by atoms with E-state index < -0.39 is 5.41 Å². The lowest BCUT2D eigenvalue weighted by Crippen LogP contribution is -2.36. The van der Waals surface area contributed by atoms with Gasteiger partial charge in [0.05, 0.1) is 11.1 Å². The summed E-state index contributed by atoms with van der Waals surface area (Å²) in [5.41, 5.74) is 2.14. The van der Waals surface area contributed by atoms with Gasteiger partial charge in [-0.2, -0.15) is 0 Å². The minimum Gasteiger partial charge on any atom is -0.274 e. The second kappa shape index (κ2) is 5.32. The molecule has 20 heavy (non-hydrogen) atoms. The molecule has 1 heterocycles. The third-order valence-corrected chi connectivity index (χ3v) is 4.89. The number of hydrogen-bond acceptors (Lipinski definition) is 2. The van der Waals surface area contributed by atoms with Crippen molar-refractivity contribution in [2.45, 2.75) is 47.0 Å². The Morgan fingerprint density at radius 1 is 1.15 bits per heavy atom. The minimum absolute atomic E-state index is 0.0407. The highest BCUT2D eigenvalue weighted by Crippen LogP contribution is 2.43. The first-order valence-electron chi connectivity index (χ1n) is 7.00. The number of carbonyl (C=O) groups excluding carboxylic acids is 2. The molecule has 0 aromatic heterocycles. The van der Waals surface area contributed by atoms with Gasteiger partial charge in [-0.05, 0) is 49.9 Å². The van der Waals surface area contributed by atoms with Crippen LogP contribution >= 0.6 is 15.9 Å². The van der Waals surface area contributed by atoms with Gasteiger partial charge in [0.15, 0.2) is 0 Å². The molecule has 1 aromatic carbocycles. The summed E-state index contributed by atoms with van der Waals surface area (Å²) in [4.78, 5) is 26.6. The van der Waals surface area contributed by atoms with E-state index in [2.05, 4.69) is 15.9 Å². The summed E-state index contributed by atoms with van der Waals surface area (Å²) in [5, 5.41) is 0. The molecule has 0 spiro atoms. The van der Waals surface area contributed by atoms with Crippen LogP contribution in [0.2, 0.25) is 0 Å². The Morgan fingerprint density at radius 2 is 1.65 bits per heavy atom. The molecule has 2 rings (SSSR count). The van der Waals surface area contributed by atoms with Crippen molar-refractivity contribution in [1.82, 2.24) is 0 Å². The molecule has 2 amide bonds. The smallest absolute Gasteiger partial charge is 0.240 e. The molecule has 1 fully saturated rings. The van der Waals surface area contributed by atoms with Crippen molar-refractivity contribution in [2.75, 3.05) is 4.90 Å². The molecule has 0 N–H and O–H groups in total. The first-order valence-corrected chi connectivity index (χ1v) is 7.79. The number of nitrogens with zero attached hydrogens (tertiary/aromatic N) is 1. The SMILES string of the molecule is CCC1(CC)CC(=O)N(c2c(C)cc(Br)cc2C)C1=O. The third kappa shape index (κ3) is 2.20. The second-order valence-electron chi connectivity index (χ2n) is 5.59. The van der Waals surface area contributed by atoms with E-state index in [0.717, 1.165) is 21.3 Å². The number of hydrogen-bond donors (Lipinski definition) is 0. The standard InChI is InChI=1S/C16H20BrNO2/c1-5-16(6-2)9-13(19)18(15(16)20)14-10(3)7-12(17)8-11(14)4/h7-8H,5-6,9H2,1-4H3. The normalized spacial score (nSPS) is 17.9. The van der Waals surface area contributed by atoms with Crippen LogP contribution in [0.1, 0.15) is 44.2 Å². The summed E-state index contributed by atoms with van der Waals surface area (Å²) >= 11 is 3.45. The van der Waals surface area contributed by atoms with Gasteiger partial charge in [-0.1, -0.05) is 29.8 Å². The van der Waals surface area contributed by atoms with E-state index in [1.54, 1.807) is 0 Å². The summed E-state index contributed by atoms with van der Waals surface area (Å²) < 4.78 is 0.965. The molecule has 0 aliphatic carbocycles. The Labute approximate surface area is 128 Å². The Bertz CT molecular complexity index is 553. The maximum Gasteiger partial charge on any atom is 0.240 e. The van der Waals surface area contributed by atoms with Crippen LogP contribution < -0.4 is 4.90 Å². The number of anilines is 1. The number of aryl methyl sites for hydroxylation is 2. The van der Waals surface area contributed by atoms with Gasteiger partial charge in [0.25, 0.3) is 0 Å². The fourth-order valence-corrected chi connectivity index (χ4v) is 3.77. The Balaban J connectivity index is 2.55. The van der Waals surface area contributed by atoms with Gasteiger partial charge >= 0.3 is 0 Å². The molecule has 0 radical (unpaired) electrons. The molecule has 3 nitrogen and oxygen atoms in total. The number of amides is 2. The average Bonchev–Trinajstić information content (AvgIpc) is 2.62. The number of carbonyl (C=O) groups is 2. The summed E-state index contributed by atoms with van der Waals surface area (Å²) in [5.74, 6) is -0.117. The fraction of sp³-hybridized carbons (Fsp3) is 0.500. The van der Waals surface area contributed by atoms with Crippen LogP contribution in [-0.4, -0.2) is 11.8 Å². The highest BCUT2D eigenvalue weighted by atomic mass is 79.9. The topological polar surface area (TPSA) is 37.4 Å². The van der Waals surface area contributed by atoms with Gasteiger partial charge < -0.3 is 0 Å². The first-order chi connectivity index (χ1) is 9.36. The van der Waals surface area contributed by atoms with E-state index in [1.165, 1.54) is 4.90 Å². The average molecular weight is 338 g/mol. The Hall–Kier alpha value is -1.16. The molecule has 0 bridgehead atoms. The number of halogens is 1. The van der Waals surface area contributed by atoms with Crippen LogP contribution in [0.25, 0.3) is 0 Å². The number of rotatable bonds is 3. The van der Waals surface area contributed by atoms with Crippen molar-refractivity contribution in [3.8, 4) is 0 Å². The predicted octanol–water partition coefficient (Wildman–Crippen LogP) is 4.14. The van der Waals surface area contributed by atoms with Gasteiger partial charge in [-0.25, -0.2) is 4.90 Å². The second-order valence-corrected chi connectivity index (χ2v) is 6.50. The summed E-state index contributed by atoms with van der Waals surface area (Å²) in [7, 11) is 0. The summed E-state index contributed by atoms with van der Waals surface area (Å²) in [6.45, 7) is 7.84. The molecule has 1 aromatic rings. The van der Waals surface area contributed by atoms with Gasteiger partial charge in [0.2, 0.25) is 11.8 Å². The van der Waals surface area contributed by atoms with E-state index in [9.17, 15) is 9.59 Å². The molecule has 1 saturated heterocycles. The third-order valence-electron chi connectivity index (χ3n) is 4.43. The van der Waals surface area contributed by atoms with Crippen molar-refractivity contribution in [2.24, 2.45) is 5.41 Å². The van der Waals surface area contributed by atoms with Gasteiger partial charge in [0, 0.05) is 10.9 Å². The molecule has 4 heteroatoms. The lowest BCUT2D eigenvalue weighted by Gasteiger charge is -2.25. The van der Waals surface area contributed by atoms with E-state index in [0.29, 0.717) is 19.3 Å². The predicted molar refractivity (Wildman–Crippen MR) is 83.7 cm³/mol. The van der Waals surface area contributed by atoms with Gasteiger partial charge in [-0.15, -0.1) is 0 Å². The van der Waals surface area contributed by atoms with Crippen molar-refractivity contribution in [3.63, 3.8) is 0 Å². The lowest BCUT2D eigenvalue weighted by molar-refractivity contribution is -0.126. The van der Waals surface area contributed by atoms with Crippen LogP contribution in [0.4, 0.5) is 5.69 Å². The molecule has 0 unspecified atom stereocenters.